The summed E-state index contributed by atoms with van der Waals surface area (Å²) >= 11 is 0. The Bertz CT molecular complexity index is 1590. The van der Waals surface area contributed by atoms with Crippen molar-refractivity contribution in [2.24, 2.45) is 0 Å². The van der Waals surface area contributed by atoms with Crippen molar-refractivity contribution in [2.75, 3.05) is 96.0 Å². The lowest BCUT2D eigenvalue weighted by Crippen LogP contribution is -2.68. The van der Waals surface area contributed by atoms with Gasteiger partial charge in [0, 0.05) is 49.8 Å². The molecule has 15 aliphatic rings. The van der Waals surface area contributed by atoms with E-state index in [0.717, 1.165) is 49.8 Å². The molecule has 35 nitrogen and oxygen atoms in total. The van der Waals surface area contributed by atoms with Crippen molar-refractivity contribution < 1.29 is 171 Å². The van der Waals surface area contributed by atoms with Gasteiger partial charge in [-0.2, -0.15) is 0 Å². The fourth-order valence-corrected chi connectivity index (χ4v) is 12.1. The highest BCUT2D eigenvalue weighted by Gasteiger charge is 2.60. The molecule has 0 unspecified atom stereocenters. The summed E-state index contributed by atoms with van der Waals surface area (Å²) < 4.78 is 125. The Morgan fingerprint density at radius 2 is 0.310 bits per heavy atom. The summed E-state index contributed by atoms with van der Waals surface area (Å²) in [6, 6.07) is 0. The molecule has 15 aliphatic heterocycles. The van der Waals surface area contributed by atoms with Gasteiger partial charge in [-0.15, -0.1) is 0 Å². The fraction of sp³-hybridized carbons (Fsp3) is 1.00. The first-order valence-electron chi connectivity index (χ1n) is 27.3. The molecule has 15 saturated heterocycles. The van der Waals surface area contributed by atoms with Crippen LogP contribution in [0.2, 0.25) is 0 Å². The van der Waals surface area contributed by atoms with Crippen LogP contribution in [0.15, 0.2) is 0 Å². The number of aliphatic hydroxyl groups is 14. The van der Waals surface area contributed by atoms with Gasteiger partial charge >= 0.3 is 0 Å². The van der Waals surface area contributed by atoms with Gasteiger partial charge in [-0.05, 0) is 0 Å². The van der Waals surface area contributed by atoms with Crippen molar-refractivity contribution in [3.05, 3.63) is 0 Å². The second-order valence-electron chi connectivity index (χ2n) is 21.1. The predicted molar refractivity (Wildman–Crippen MR) is 262 cm³/mol. The van der Waals surface area contributed by atoms with Crippen LogP contribution >= 0.6 is 0 Å². The molecule has 490 valence electrons. The second-order valence-corrected chi connectivity index (χ2v) is 21.1. The van der Waals surface area contributed by atoms with E-state index in [1.807, 2.05) is 0 Å². The number of methoxy groups -OCH3 is 7. The van der Waals surface area contributed by atoms with Crippen molar-refractivity contribution in [2.45, 2.75) is 215 Å². The second kappa shape index (κ2) is 30.6. The van der Waals surface area contributed by atoms with Crippen LogP contribution in [-0.2, 0) is 99.5 Å². The summed E-state index contributed by atoms with van der Waals surface area (Å²) in [5, 5.41) is 158. The molecule has 0 aromatic carbocycles. The van der Waals surface area contributed by atoms with Gasteiger partial charge in [0.25, 0.3) is 0 Å². The Balaban J connectivity index is 1.13. The van der Waals surface area contributed by atoms with Crippen molar-refractivity contribution >= 4 is 0 Å². The molecule has 15 rings (SSSR count). The van der Waals surface area contributed by atoms with E-state index in [4.69, 9.17) is 99.5 Å². The Kier molecular flexibility index (Phi) is 25.0. The highest BCUT2D eigenvalue weighted by atomic mass is 16.8. The van der Waals surface area contributed by atoms with Gasteiger partial charge in [-0.1, -0.05) is 0 Å². The highest BCUT2D eigenvalue weighted by Crippen LogP contribution is 2.41. The standard InChI is InChI=1S/C49H84O35/c1-64-36-22(57)29-15(8-50)71-43(36)78-30-16(9-51)72-45(37(65-2)23(30)58)80-32-18(11-53)74-47(39(67-4)25(32)60)82-34-20(13-55)76-49(41(69-6)27(34)62)84-35-21(14-56)77-48(42(70-7)28(35)63)83-33-19(12-54)75-46(40(68-5)26(33)61)81-31-17(10-52)73-44(79-29)38(66-3)24(31)59/h15-63H,8-14H2,1-7H3/t15-,16-,17-,18-,19-,20-,21-,22-,23-,24-,25+,26+,27+,28+,29-,30-,31-,32-,33-,34-,35-,36+,37+,38+,39-,40-,41-,42-,43-,44-,45-,46-,47-,48-,49-/m1/s1. The molecule has 0 aliphatic carbocycles. The molecule has 15 heterocycles. The fourth-order valence-electron chi connectivity index (χ4n) is 12.1. The van der Waals surface area contributed by atoms with Crippen LogP contribution in [0.4, 0.5) is 0 Å². The molecule has 0 saturated carbocycles. The Hall–Kier alpha value is -1.40. The maximum atomic E-state index is 11.9. The average Bonchev–Trinajstić information content (AvgIpc) is 2.12. The van der Waals surface area contributed by atoms with Gasteiger partial charge in [0.1, 0.15) is 171 Å². The Morgan fingerprint density at radius 3 is 0.393 bits per heavy atom. The molecule has 0 amide bonds. The topological polar surface area (TPSA) is 477 Å². The largest absolute Gasteiger partial charge is 0.394 e. The van der Waals surface area contributed by atoms with Gasteiger partial charge in [-0.25, -0.2) is 0 Å². The third-order valence-corrected chi connectivity index (χ3v) is 16.5. The van der Waals surface area contributed by atoms with Crippen molar-refractivity contribution in [3.8, 4) is 0 Å². The average molecular weight is 1230 g/mol. The highest BCUT2D eigenvalue weighted by molar-refractivity contribution is 5.03. The number of hydrogen-bond donors (Lipinski definition) is 14. The number of rotatable bonds is 14. The van der Waals surface area contributed by atoms with Crippen molar-refractivity contribution in [1.29, 1.82) is 0 Å². The molecule has 35 atom stereocenters. The molecule has 0 spiro atoms. The van der Waals surface area contributed by atoms with Gasteiger partial charge in [0.2, 0.25) is 0 Å². The molecular weight excluding hydrogens is 1150 g/mol. The van der Waals surface area contributed by atoms with Crippen LogP contribution in [0, 0.1) is 0 Å². The van der Waals surface area contributed by atoms with E-state index in [0.29, 0.717) is 0 Å². The molecule has 35 heteroatoms. The SMILES string of the molecule is CO[C@@H]1[C@H]2O[C@H]3[C@H](O)[C@@H](OC)[C@@H](O[C@H]4[C@H](O)[C@@H](OC)[C@@H](O[C@H]5[C@H](O)[C@@H](OC)[C@@H](O[C@H]6[C@H](O)[C@@H](OC)[C@@H](O[C@H]7[C@@H](O)[C@H](OC)[C@@H](O[C@H]8[C@@H](O)[C@H](OC)[C@@H](O[C@@H]([C@H]1O)[C@@H](CO)O2)O[C@@H]8CO)O[C@@H]7CO)O[C@@H]6CO)O[C@@H]5CO)O[C@@H]4CO)O[C@@H]3CO. The summed E-state index contributed by atoms with van der Waals surface area (Å²) in [7, 11) is 8.15. The third-order valence-electron chi connectivity index (χ3n) is 16.5. The molecule has 0 aromatic heterocycles. The number of aliphatic hydroxyl groups excluding tert-OH is 14. The lowest BCUT2D eigenvalue weighted by molar-refractivity contribution is -0.399. The zero-order valence-electron chi connectivity index (χ0n) is 47.0. The summed E-state index contributed by atoms with van der Waals surface area (Å²) in [5.74, 6) is 0. The van der Waals surface area contributed by atoms with E-state index in [-0.39, 0.29) is 0 Å². The molecule has 14 bridgehead atoms. The predicted octanol–water partition coefficient (Wildman–Crippen LogP) is -10.7. The van der Waals surface area contributed by atoms with Crippen LogP contribution in [0.5, 0.6) is 0 Å². The summed E-state index contributed by atoms with van der Waals surface area (Å²) in [5.41, 5.74) is 0. The lowest BCUT2D eigenvalue weighted by Gasteiger charge is -2.51. The molecular formula is C49H84O35. The normalized spacial score (nSPS) is 51.8. The first-order chi connectivity index (χ1) is 40.4. The minimum Gasteiger partial charge on any atom is -0.394 e. The molecule has 14 N–H and O–H groups in total. The van der Waals surface area contributed by atoms with Crippen molar-refractivity contribution in [3.63, 3.8) is 0 Å². The molecule has 84 heavy (non-hydrogen) atoms. The summed E-state index contributed by atoms with van der Waals surface area (Å²) in [6.45, 7) is -6.17. The zero-order chi connectivity index (χ0) is 61.0. The monoisotopic (exact) mass is 1230 g/mol. The smallest absolute Gasteiger partial charge is 0.187 e. The lowest BCUT2D eigenvalue weighted by atomic mass is 9.95. The van der Waals surface area contributed by atoms with E-state index in [1.165, 1.54) is 0 Å². The van der Waals surface area contributed by atoms with Crippen LogP contribution < -0.4 is 0 Å². The van der Waals surface area contributed by atoms with Crippen molar-refractivity contribution in [1.82, 2.24) is 0 Å². The van der Waals surface area contributed by atoms with Crippen LogP contribution in [-0.4, -0.2) is 382 Å². The third kappa shape index (κ3) is 13.5. The molecule has 15 fully saturated rings. The summed E-state index contributed by atoms with van der Waals surface area (Å²) in [4.78, 5) is 0. The number of ether oxygens (including phenoxy) is 21. The van der Waals surface area contributed by atoms with E-state index in [2.05, 4.69) is 0 Å². The van der Waals surface area contributed by atoms with E-state index < -0.39 is 261 Å². The summed E-state index contributed by atoms with van der Waals surface area (Å²) in [6.07, 6.45) is -57.0. The first kappa shape index (κ1) is 68.5. The Labute approximate surface area is 481 Å². The van der Waals surface area contributed by atoms with E-state index in [1.54, 1.807) is 0 Å². The first-order valence-corrected chi connectivity index (χ1v) is 27.3. The van der Waals surface area contributed by atoms with E-state index >= 15 is 0 Å². The quantitative estimate of drug-likeness (QED) is 0.0768. The Morgan fingerprint density at radius 1 is 0.202 bits per heavy atom. The van der Waals surface area contributed by atoms with Crippen LogP contribution in [0.25, 0.3) is 0 Å². The maximum Gasteiger partial charge on any atom is 0.187 e. The van der Waals surface area contributed by atoms with Gasteiger partial charge in [-0.3, -0.25) is 0 Å². The van der Waals surface area contributed by atoms with Gasteiger partial charge in [0.15, 0.2) is 44.0 Å². The zero-order valence-corrected chi connectivity index (χ0v) is 47.0. The minimum absolute atomic E-state index is 0.881. The number of hydrogen-bond acceptors (Lipinski definition) is 35. The molecule has 0 radical (unpaired) electrons. The maximum absolute atomic E-state index is 11.9. The van der Waals surface area contributed by atoms with Gasteiger partial charge in [0.05, 0.1) is 46.2 Å². The molecule has 0 aromatic rings. The minimum atomic E-state index is -1.80. The van der Waals surface area contributed by atoms with Gasteiger partial charge < -0.3 is 171 Å². The van der Waals surface area contributed by atoms with E-state index in [9.17, 15) is 71.5 Å². The number of fused-ring (bicyclic) bond motifs is 7. The van der Waals surface area contributed by atoms with Crippen LogP contribution in [0.1, 0.15) is 0 Å². The van der Waals surface area contributed by atoms with Crippen LogP contribution in [0.3, 0.4) is 0 Å².